The molecule has 2 amide bonds. The first-order valence-corrected chi connectivity index (χ1v) is 8.19. The molecule has 128 valence electrons. The minimum Gasteiger partial charge on any atom is -0.396 e. The Bertz CT molecular complexity index is 710. The zero-order valence-corrected chi connectivity index (χ0v) is 14.1. The number of pyridine rings is 1. The highest BCUT2D eigenvalue weighted by molar-refractivity contribution is 5.74. The van der Waals surface area contributed by atoms with Gasteiger partial charge in [0.2, 0.25) is 0 Å². The number of aliphatic hydroxyl groups is 1. The first-order chi connectivity index (χ1) is 11.6. The Morgan fingerprint density at radius 3 is 2.83 bits per heavy atom. The van der Waals surface area contributed by atoms with Crippen molar-refractivity contribution < 1.29 is 9.90 Å². The molecule has 7 nitrogen and oxygen atoms in total. The van der Waals surface area contributed by atoms with Crippen LogP contribution in [0, 0.1) is 19.8 Å². The van der Waals surface area contributed by atoms with Crippen LogP contribution in [0.5, 0.6) is 0 Å². The summed E-state index contributed by atoms with van der Waals surface area (Å²) >= 11 is 0. The highest BCUT2D eigenvalue weighted by Gasteiger charge is 2.25. The number of rotatable bonds is 4. The van der Waals surface area contributed by atoms with Gasteiger partial charge in [-0.15, -0.1) is 0 Å². The number of hydrogen-bond acceptors (Lipinski definition) is 4. The van der Waals surface area contributed by atoms with Crippen LogP contribution in [-0.2, 0) is 6.54 Å². The maximum absolute atomic E-state index is 12.1. The van der Waals surface area contributed by atoms with Crippen molar-refractivity contribution in [3.05, 3.63) is 41.3 Å². The second-order valence-electron chi connectivity index (χ2n) is 6.31. The lowest BCUT2D eigenvalue weighted by atomic mass is 10.1. The van der Waals surface area contributed by atoms with Gasteiger partial charge in [-0.2, -0.15) is 5.10 Å². The Morgan fingerprint density at radius 1 is 1.42 bits per heavy atom. The zero-order valence-electron chi connectivity index (χ0n) is 14.1. The van der Waals surface area contributed by atoms with Crippen LogP contribution in [-0.4, -0.2) is 50.5 Å². The van der Waals surface area contributed by atoms with Gasteiger partial charge in [0.15, 0.2) is 5.82 Å². The molecule has 1 saturated heterocycles. The van der Waals surface area contributed by atoms with Gasteiger partial charge in [-0.3, -0.25) is 0 Å². The predicted octanol–water partition coefficient (Wildman–Crippen LogP) is 1.41. The molecule has 0 bridgehead atoms. The van der Waals surface area contributed by atoms with Crippen molar-refractivity contribution in [1.29, 1.82) is 0 Å². The third-order valence-electron chi connectivity index (χ3n) is 4.31. The van der Waals surface area contributed by atoms with Crippen molar-refractivity contribution in [2.45, 2.75) is 26.8 Å². The van der Waals surface area contributed by atoms with E-state index in [1.807, 2.05) is 32.0 Å². The highest BCUT2D eigenvalue weighted by Crippen LogP contribution is 2.15. The van der Waals surface area contributed by atoms with Gasteiger partial charge in [-0.25, -0.2) is 14.5 Å². The Balaban J connectivity index is 1.57. The fraction of sp³-hybridized carbons (Fsp3) is 0.471. The summed E-state index contributed by atoms with van der Waals surface area (Å²) in [5, 5.41) is 16.5. The molecule has 0 aromatic carbocycles. The molecule has 2 aromatic heterocycles. The maximum atomic E-state index is 12.1. The number of aliphatic hydroxyl groups excluding tert-OH is 1. The highest BCUT2D eigenvalue weighted by atomic mass is 16.3. The molecule has 0 saturated carbocycles. The summed E-state index contributed by atoms with van der Waals surface area (Å²) in [6.07, 6.45) is 2.62. The third-order valence-corrected chi connectivity index (χ3v) is 4.31. The Kier molecular flexibility index (Phi) is 4.80. The quantitative estimate of drug-likeness (QED) is 0.888. The van der Waals surface area contributed by atoms with Gasteiger partial charge in [0, 0.05) is 44.0 Å². The Hall–Kier alpha value is -2.41. The number of carbonyl (C=O) groups excluding carboxylic acids is 1. The average Bonchev–Trinajstić information content (AvgIpc) is 3.19. The number of aryl methyl sites for hydroxylation is 2. The number of hydrogen-bond donors (Lipinski definition) is 2. The van der Waals surface area contributed by atoms with Gasteiger partial charge < -0.3 is 15.3 Å². The third kappa shape index (κ3) is 3.56. The molecule has 0 aliphatic carbocycles. The monoisotopic (exact) mass is 329 g/mol. The van der Waals surface area contributed by atoms with Gasteiger partial charge in [-0.1, -0.05) is 6.07 Å². The van der Waals surface area contributed by atoms with Crippen LogP contribution in [0.3, 0.4) is 0 Å². The van der Waals surface area contributed by atoms with Crippen molar-refractivity contribution in [2.24, 2.45) is 5.92 Å². The SMILES string of the molecule is Cc1cc(C)n(-c2ccc(CNC(=O)N3CCC(CO)C3)cn2)n1. The Morgan fingerprint density at radius 2 is 2.25 bits per heavy atom. The molecule has 2 N–H and O–H groups in total. The van der Waals surface area contributed by atoms with Crippen LogP contribution in [0.15, 0.2) is 24.4 Å². The van der Waals surface area contributed by atoms with Gasteiger partial charge in [0.05, 0.1) is 5.69 Å². The van der Waals surface area contributed by atoms with E-state index in [1.165, 1.54) is 0 Å². The van der Waals surface area contributed by atoms with Crippen LogP contribution in [0.2, 0.25) is 0 Å². The van der Waals surface area contributed by atoms with Crippen LogP contribution < -0.4 is 5.32 Å². The van der Waals surface area contributed by atoms with E-state index in [1.54, 1.807) is 15.8 Å². The molecular weight excluding hydrogens is 306 g/mol. The summed E-state index contributed by atoms with van der Waals surface area (Å²) < 4.78 is 1.80. The topological polar surface area (TPSA) is 83.3 Å². The molecular formula is C17H23N5O2. The fourth-order valence-electron chi connectivity index (χ4n) is 2.96. The number of nitrogens with one attached hydrogen (secondary N) is 1. The number of carbonyl (C=O) groups is 1. The number of aromatic nitrogens is 3. The number of urea groups is 1. The zero-order chi connectivity index (χ0) is 17.1. The van der Waals surface area contributed by atoms with E-state index in [-0.39, 0.29) is 18.6 Å². The van der Waals surface area contributed by atoms with Crippen molar-refractivity contribution in [3.8, 4) is 5.82 Å². The van der Waals surface area contributed by atoms with Gasteiger partial charge in [-0.05, 0) is 38.0 Å². The number of nitrogens with zero attached hydrogens (tertiary/aromatic N) is 4. The Labute approximate surface area is 141 Å². The lowest BCUT2D eigenvalue weighted by Gasteiger charge is -2.17. The summed E-state index contributed by atoms with van der Waals surface area (Å²) in [7, 11) is 0. The molecule has 7 heteroatoms. The van der Waals surface area contributed by atoms with Crippen LogP contribution >= 0.6 is 0 Å². The predicted molar refractivity (Wildman–Crippen MR) is 89.8 cm³/mol. The first kappa shape index (κ1) is 16.4. The molecule has 2 aromatic rings. The lowest BCUT2D eigenvalue weighted by Crippen LogP contribution is -2.38. The van der Waals surface area contributed by atoms with Gasteiger partial charge in [0.1, 0.15) is 0 Å². The molecule has 0 radical (unpaired) electrons. The molecule has 1 atom stereocenters. The van der Waals surface area contributed by atoms with Crippen LogP contribution in [0.4, 0.5) is 4.79 Å². The van der Waals surface area contributed by atoms with Crippen LogP contribution in [0.1, 0.15) is 23.4 Å². The summed E-state index contributed by atoms with van der Waals surface area (Å²) in [5.41, 5.74) is 2.93. The minimum absolute atomic E-state index is 0.0893. The lowest BCUT2D eigenvalue weighted by molar-refractivity contribution is 0.198. The summed E-state index contributed by atoms with van der Waals surface area (Å²) in [5.74, 6) is 0.971. The van der Waals surface area contributed by atoms with E-state index in [2.05, 4.69) is 15.4 Å². The smallest absolute Gasteiger partial charge is 0.317 e. The van der Waals surface area contributed by atoms with E-state index >= 15 is 0 Å². The van der Waals surface area contributed by atoms with E-state index in [9.17, 15) is 4.79 Å². The van der Waals surface area contributed by atoms with E-state index < -0.39 is 0 Å². The maximum Gasteiger partial charge on any atom is 0.317 e. The van der Waals surface area contributed by atoms with Gasteiger partial charge in [0.25, 0.3) is 0 Å². The molecule has 3 heterocycles. The average molecular weight is 329 g/mol. The van der Waals surface area contributed by atoms with Crippen molar-refractivity contribution >= 4 is 6.03 Å². The molecule has 1 unspecified atom stereocenters. The molecule has 0 spiro atoms. The summed E-state index contributed by atoms with van der Waals surface area (Å²) in [4.78, 5) is 18.3. The minimum atomic E-state index is -0.0893. The van der Waals surface area contributed by atoms with Crippen molar-refractivity contribution in [3.63, 3.8) is 0 Å². The van der Waals surface area contributed by atoms with E-state index in [0.717, 1.165) is 29.2 Å². The van der Waals surface area contributed by atoms with E-state index in [4.69, 9.17) is 5.11 Å². The van der Waals surface area contributed by atoms with Crippen molar-refractivity contribution in [1.82, 2.24) is 25.0 Å². The number of likely N-dealkylation sites (tertiary alicyclic amines) is 1. The molecule has 1 aliphatic rings. The van der Waals surface area contributed by atoms with Crippen LogP contribution in [0.25, 0.3) is 5.82 Å². The fourth-order valence-corrected chi connectivity index (χ4v) is 2.96. The summed E-state index contributed by atoms with van der Waals surface area (Å²) in [6, 6.07) is 5.76. The largest absolute Gasteiger partial charge is 0.396 e. The summed E-state index contributed by atoms with van der Waals surface area (Å²) in [6.45, 7) is 5.84. The molecule has 1 aliphatic heterocycles. The number of amides is 2. The van der Waals surface area contributed by atoms with E-state index in [0.29, 0.717) is 19.6 Å². The van der Waals surface area contributed by atoms with Gasteiger partial charge >= 0.3 is 6.03 Å². The second kappa shape index (κ2) is 7.00. The standard InChI is InChI=1S/C17H23N5O2/c1-12-7-13(2)22(20-12)16-4-3-14(8-18-16)9-19-17(24)21-6-5-15(10-21)11-23/h3-4,7-8,15,23H,5-6,9-11H2,1-2H3,(H,19,24). The molecule has 3 rings (SSSR count). The first-order valence-electron chi connectivity index (χ1n) is 8.19. The normalized spacial score (nSPS) is 17.3. The van der Waals surface area contributed by atoms with Crippen molar-refractivity contribution in [2.75, 3.05) is 19.7 Å². The molecule has 1 fully saturated rings. The second-order valence-corrected chi connectivity index (χ2v) is 6.31. The molecule has 24 heavy (non-hydrogen) atoms.